The highest BCUT2D eigenvalue weighted by atomic mass is 35.5. The number of nitrogen functional groups attached to an aromatic ring is 1. The fourth-order valence-corrected chi connectivity index (χ4v) is 2.42. The molecule has 3 rings (SSSR count). The van der Waals surface area contributed by atoms with E-state index in [1.165, 1.54) is 0 Å². The lowest BCUT2D eigenvalue weighted by atomic mass is 10.2. The maximum atomic E-state index is 6.06. The minimum atomic E-state index is 0.457. The normalized spacial score (nSPS) is 10.9. The van der Waals surface area contributed by atoms with Crippen molar-refractivity contribution in [2.45, 2.75) is 0 Å². The second-order valence-corrected chi connectivity index (χ2v) is 5.29. The Kier molecular flexibility index (Phi) is 3.03. The Morgan fingerprint density at radius 1 is 1.15 bits per heavy atom. The van der Waals surface area contributed by atoms with E-state index in [9.17, 15) is 0 Å². The summed E-state index contributed by atoms with van der Waals surface area (Å²) in [6.07, 6.45) is 0. The second-order valence-electron chi connectivity index (χ2n) is 4.85. The van der Waals surface area contributed by atoms with E-state index in [2.05, 4.69) is 22.0 Å². The van der Waals surface area contributed by atoms with Crippen molar-refractivity contribution in [3.8, 4) is 5.69 Å². The molecule has 0 unspecified atom stereocenters. The highest BCUT2D eigenvalue weighted by molar-refractivity contribution is 6.31. The van der Waals surface area contributed by atoms with Crippen molar-refractivity contribution in [1.29, 1.82) is 0 Å². The summed E-state index contributed by atoms with van der Waals surface area (Å²) in [6, 6.07) is 13.7. The Balaban J connectivity index is 2.24. The summed E-state index contributed by atoms with van der Waals surface area (Å²) in [7, 11) is 4.02. The molecule has 0 aliphatic carbocycles. The minimum absolute atomic E-state index is 0.457. The zero-order valence-corrected chi connectivity index (χ0v) is 12.1. The van der Waals surface area contributed by atoms with Crippen LogP contribution in [0.25, 0.3) is 16.7 Å². The Labute approximate surface area is 122 Å². The van der Waals surface area contributed by atoms with Gasteiger partial charge in [0.2, 0.25) is 5.95 Å². The molecule has 0 atom stereocenters. The quantitative estimate of drug-likeness (QED) is 0.786. The van der Waals surface area contributed by atoms with Gasteiger partial charge in [0.25, 0.3) is 0 Å². The summed E-state index contributed by atoms with van der Waals surface area (Å²) in [5, 5.41) is 0.657. The number of nitrogens with zero attached hydrogens (tertiary/aromatic N) is 3. The van der Waals surface area contributed by atoms with E-state index in [0.29, 0.717) is 11.0 Å². The zero-order valence-electron chi connectivity index (χ0n) is 11.3. The van der Waals surface area contributed by atoms with Gasteiger partial charge in [-0.2, -0.15) is 0 Å². The summed E-state index contributed by atoms with van der Waals surface area (Å²) in [5.41, 5.74) is 9.89. The van der Waals surface area contributed by atoms with Crippen molar-refractivity contribution in [3.63, 3.8) is 0 Å². The number of nitrogens with two attached hydrogens (primary N) is 1. The number of hydrogen-bond donors (Lipinski definition) is 1. The van der Waals surface area contributed by atoms with Gasteiger partial charge in [0.05, 0.1) is 16.7 Å². The summed E-state index contributed by atoms with van der Waals surface area (Å²) in [6.45, 7) is 0. The van der Waals surface area contributed by atoms with Crippen molar-refractivity contribution < 1.29 is 0 Å². The van der Waals surface area contributed by atoms with Crippen molar-refractivity contribution in [3.05, 3.63) is 47.5 Å². The molecular formula is C15H15ClN4. The Morgan fingerprint density at radius 2 is 1.95 bits per heavy atom. The number of hydrogen-bond acceptors (Lipinski definition) is 3. The lowest BCUT2D eigenvalue weighted by Crippen LogP contribution is -2.09. The Morgan fingerprint density at radius 3 is 2.70 bits per heavy atom. The van der Waals surface area contributed by atoms with E-state index < -0.39 is 0 Å². The second kappa shape index (κ2) is 4.72. The third-order valence-corrected chi connectivity index (χ3v) is 3.48. The zero-order chi connectivity index (χ0) is 14.3. The molecule has 102 valence electrons. The van der Waals surface area contributed by atoms with Gasteiger partial charge in [-0.05, 0) is 36.4 Å². The van der Waals surface area contributed by atoms with Crippen LogP contribution in [0.1, 0.15) is 0 Å². The van der Waals surface area contributed by atoms with Gasteiger partial charge >= 0.3 is 0 Å². The van der Waals surface area contributed by atoms with E-state index in [1.807, 2.05) is 49.0 Å². The van der Waals surface area contributed by atoms with Gasteiger partial charge in [0.1, 0.15) is 0 Å². The largest absolute Gasteiger partial charge is 0.378 e. The molecular weight excluding hydrogens is 272 g/mol. The van der Waals surface area contributed by atoms with E-state index in [1.54, 1.807) is 0 Å². The lowest BCUT2D eigenvalue weighted by molar-refractivity contribution is 1.09. The molecule has 0 bridgehead atoms. The first-order valence-electron chi connectivity index (χ1n) is 6.27. The third-order valence-electron chi connectivity index (χ3n) is 3.25. The van der Waals surface area contributed by atoms with Crippen molar-refractivity contribution in [2.24, 2.45) is 0 Å². The lowest BCUT2D eigenvalue weighted by Gasteiger charge is -2.14. The average Bonchev–Trinajstić information content (AvgIpc) is 2.73. The van der Waals surface area contributed by atoms with Crippen LogP contribution in [0.15, 0.2) is 42.5 Å². The van der Waals surface area contributed by atoms with E-state index >= 15 is 0 Å². The summed E-state index contributed by atoms with van der Waals surface area (Å²) in [5.74, 6) is 0.457. The molecule has 2 N–H and O–H groups in total. The van der Waals surface area contributed by atoms with Crippen LogP contribution in [0.4, 0.5) is 11.6 Å². The molecule has 2 aromatic carbocycles. The first-order valence-corrected chi connectivity index (χ1v) is 6.65. The van der Waals surface area contributed by atoms with Crippen molar-refractivity contribution in [2.75, 3.05) is 24.7 Å². The van der Waals surface area contributed by atoms with Crippen molar-refractivity contribution in [1.82, 2.24) is 9.55 Å². The molecule has 0 aliphatic rings. The number of fused-ring (bicyclic) bond motifs is 1. The number of imidazole rings is 1. The number of rotatable bonds is 2. The summed E-state index contributed by atoms with van der Waals surface area (Å²) >= 11 is 6.00. The van der Waals surface area contributed by atoms with E-state index in [-0.39, 0.29) is 0 Å². The molecule has 0 spiro atoms. The molecule has 0 saturated heterocycles. The molecule has 3 aromatic rings. The Hall–Kier alpha value is -2.20. The predicted molar refractivity (Wildman–Crippen MR) is 84.8 cm³/mol. The van der Waals surface area contributed by atoms with Crippen LogP contribution in [0.5, 0.6) is 0 Å². The molecule has 0 amide bonds. The molecule has 0 radical (unpaired) electrons. The summed E-state index contributed by atoms with van der Waals surface area (Å²) < 4.78 is 1.93. The van der Waals surface area contributed by atoms with Crippen LogP contribution in [0.2, 0.25) is 5.02 Å². The molecule has 0 fully saturated rings. The molecule has 1 aromatic heterocycles. The van der Waals surface area contributed by atoms with Gasteiger partial charge in [-0.25, -0.2) is 4.98 Å². The van der Waals surface area contributed by atoms with Crippen LogP contribution >= 0.6 is 11.6 Å². The maximum Gasteiger partial charge on any atom is 0.205 e. The SMILES string of the molecule is CN(C)c1cccc(-n2c(N)nc3cc(Cl)ccc32)c1. The van der Waals surface area contributed by atoms with Gasteiger partial charge in [0, 0.05) is 24.8 Å². The maximum absolute atomic E-state index is 6.06. The third kappa shape index (κ3) is 2.08. The molecule has 20 heavy (non-hydrogen) atoms. The van der Waals surface area contributed by atoms with Crippen LogP contribution in [0.3, 0.4) is 0 Å². The van der Waals surface area contributed by atoms with Gasteiger partial charge in [-0.15, -0.1) is 0 Å². The number of halogens is 1. The highest BCUT2D eigenvalue weighted by Gasteiger charge is 2.11. The van der Waals surface area contributed by atoms with Gasteiger partial charge in [-0.1, -0.05) is 17.7 Å². The monoisotopic (exact) mass is 286 g/mol. The minimum Gasteiger partial charge on any atom is -0.378 e. The van der Waals surface area contributed by atoms with Crippen LogP contribution in [-0.2, 0) is 0 Å². The fourth-order valence-electron chi connectivity index (χ4n) is 2.25. The first kappa shape index (κ1) is 12.8. The van der Waals surface area contributed by atoms with Gasteiger partial charge in [-0.3, -0.25) is 4.57 Å². The summed E-state index contributed by atoms with van der Waals surface area (Å²) in [4.78, 5) is 6.42. The van der Waals surface area contributed by atoms with E-state index in [0.717, 1.165) is 22.4 Å². The first-order chi connectivity index (χ1) is 9.56. The molecule has 4 nitrogen and oxygen atoms in total. The highest BCUT2D eigenvalue weighted by Crippen LogP contribution is 2.27. The van der Waals surface area contributed by atoms with Gasteiger partial charge in [0.15, 0.2) is 0 Å². The molecule has 0 aliphatic heterocycles. The van der Waals surface area contributed by atoms with Crippen molar-refractivity contribution >= 4 is 34.3 Å². The average molecular weight is 287 g/mol. The van der Waals surface area contributed by atoms with Crippen LogP contribution in [-0.4, -0.2) is 23.6 Å². The molecule has 1 heterocycles. The van der Waals surface area contributed by atoms with E-state index in [4.69, 9.17) is 17.3 Å². The number of aromatic nitrogens is 2. The predicted octanol–water partition coefficient (Wildman–Crippen LogP) is 3.33. The molecule has 5 heteroatoms. The van der Waals surface area contributed by atoms with Gasteiger partial charge < -0.3 is 10.6 Å². The standard InChI is InChI=1S/C15H15ClN4/c1-19(2)11-4-3-5-12(9-11)20-14-7-6-10(16)8-13(14)18-15(20)17/h3-9H,1-2H3,(H2,17,18). The smallest absolute Gasteiger partial charge is 0.205 e. The Bertz CT molecular complexity index is 777. The van der Waals surface area contributed by atoms with Crippen LogP contribution in [0, 0.1) is 0 Å². The van der Waals surface area contributed by atoms with Crippen LogP contribution < -0.4 is 10.6 Å². The topological polar surface area (TPSA) is 47.1 Å². The number of benzene rings is 2. The molecule has 0 saturated carbocycles. The fraction of sp³-hybridized carbons (Fsp3) is 0.133. The number of anilines is 2.